The molecule has 1 saturated heterocycles. The smallest absolute Gasteiger partial charge is 0.222 e. The van der Waals surface area contributed by atoms with Gasteiger partial charge in [0.2, 0.25) is 5.91 Å². The fraction of sp³-hybridized carbons (Fsp3) is 0.360. The molecule has 1 fully saturated rings. The Balaban J connectivity index is 1.17. The summed E-state index contributed by atoms with van der Waals surface area (Å²) in [7, 11) is 0. The first-order chi connectivity index (χ1) is 15.7. The second-order valence-corrected chi connectivity index (χ2v) is 8.81. The zero-order valence-electron chi connectivity index (χ0n) is 18.0. The average Bonchev–Trinajstić information content (AvgIpc) is 3.43. The lowest BCUT2D eigenvalue weighted by molar-refractivity contribution is -0.129. The quantitative estimate of drug-likeness (QED) is 0.433. The van der Waals surface area contributed by atoms with Gasteiger partial charge in [-0.1, -0.05) is 30.3 Å². The number of amides is 1. The van der Waals surface area contributed by atoms with E-state index < -0.39 is 0 Å². The largest absolute Gasteiger partial charge is 0.492 e. The first-order valence-corrected chi connectivity index (χ1v) is 12.0. The van der Waals surface area contributed by atoms with Crippen LogP contribution in [0.4, 0.5) is 4.39 Å². The summed E-state index contributed by atoms with van der Waals surface area (Å²) in [4.78, 5) is 19.2. The molecule has 7 heteroatoms. The zero-order valence-corrected chi connectivity index (χ0v) is 18.8. The minimum atomic E-state index is -0.266. The first kappa shape index (κ1) is 22.4. The maximum Gasteiger partial charge on any atom is 0.222 e. The summed E-state index contributed by atoms with van der Waals surface area (Å²) in [6, 6.07) is 16.5. The van der Waals surface area contributed by atoms with E-state index in [1.165, 1.54) is 12.1 Å². The summed E-state index contributed by atoms with van der Waals surface area (Å²) in [5, 5.41) is 6.53. The molecule has 32 heavy (non-hydrogen) atoms. The molecule has 0 aliphatic carbocycles. The lowest BCUT2D eigenvalue weighted by Crippen LogP contribution is -2.37. The molecule has 1 atom stereocenters. The summed E-state index contributed by atoms with van der Waals surface area (Å²) in [6.07, 6.45) is 3.26. The van der Waals surface area contributed by atoms with Crippen molar-refractivity contribution in [2.45, 2.75) is 31.7 Å². The highest BCUT2D eigenvalue weighted by atomic mass is 32.1. The first-order valence-electron chi connectivity index (χ1n) is 11.1. The van der Waals surface area contributed by atoms with Gasteiger partial charge in [0.25, 0.3) is 0 Å². The molecular weight excluding hydrogens is 425 g/mol. The summed E-state index contributed by atoms with van der Waals surface area (Å²) >= 11 is 1.66. The van der Waals surface area contributed by atoms with Gasteiger partial charge >= 0.3 is 0 Å². The molecule has 0 unspecified atom stereocenters. The summed E-state index contributed by atoms with van der Waals surface area (Å²) < 4.78 is 18.5. The van der Waals surface area contributed by atoms with Crippen molar-refractivity contribution in [3.63, 3.8) is 0 Å². The van der Waals surface area contributed by atoms with Crippen molar-refractivity contribution in [1.82, 2.24) is 15.2 Å². The number of hydrogen-bond donors (Lipinski definition) is 1. The number of nitrogens with zero attached hydrogens (tertiary/aromatic N) is 2. The summed E-state index contributed by atoms with van der Waals surface area (Å²) in [5.74, 6) is 0.644. The van der Waals surface area contributed by atoms with Gasteiger partial charge in [-0.25, -0.2) is 9.37 Å². The Bertz CT molecular complexity index is 994. The van der Waals surface area contributed by atoms with Gasteiger partial charge in [0.15, 0.2) is 0 Å². The number of thiazole rings is 1. The zero-order chi connectivity index (χ0) is 22.2. The van der Waals surface area contributed by atoms with Gasteiger partial charge in [-0.15, -0.1) is 11.3 Å². The van der Waals surface area contributed by atoms with E-state index in [0.717, 1.165) is 48.6 Å². The van der Waals surface area contributed by atoms with Gasteiger partial charge in [0.1, 0.15) is 18.2 Å². The summed E-state index contributed by atoms with van der Waals surface area (Å²) in [5.41, 5.74) is 2.13. The number of halogens is 1. The Morgan fingerprint density at radius 3 is 2.75 bits per heavy atom. The number of nitrogens with one attached hydrogen (secondary N) is 1. The lowest BCUT2D eigenvalue weighted by atomic mass is 10.1. The number of hydrogen-bond acceptors (Lipinski definition) is 5. The highest BCUT2D eigenvalue weighted by Crippen LogP contribution is 2.24. The minimum Gasteiger partial charge on any atom is -0.492 e. The highest BCUT2D eigenvalue weighted by molar-refractivity contribution is 7.09. The fourth-order valence-electron chi connectivity index (χ4n) is 3.95. The average molecular weight is 454 g/mol. The van der Waals surface area contributed by atoms with E-state index in [9.17, 15) is 9.18 Å². The van der Waals surface area contributed by atoms with Gasteiger partial charge in [0, 0.05) is 42.9 Å². The van der Waals surface area contributed by atoms with Gasteiger partial charge < -0.3 is 15.0 Å². The molecule has 0 bridgehead atoms. The number of carbonyl (C=O) groups is 1. The van der Waals surface area contributed by atoms with Crippen LogP contribution in [0, 0.1) is 5.82 Å². The molecule has 2 aromatic carbocycles. The normalized spacial score (nSPS) is 16.0. The Morgan fingerprint density at radius 2 is 1.94 bits per heavy atom. The van der Waals surface area contributed by atoms with Gasteiger partial charge in [-0.05, 0) is 43.7 Å². The summed E-state index contributed by atoms with van der Waals surface area (Å²) in [6.45, 7) is 2.78. The second kappa shape index (κ2) is 11.2. The molecule has 1 amide bonds. The van der Waals surface area contributed by atoms with Crippen LogP contribution in [0.1, 0.15) is 24.3 Å². The van der Waals surface area contributed by atoms with Crippen molar-refractivity contribution in [3.05, 3.63) is 70.8 Å². The van der Waals surface area contributed by atoms with Crippen LogP contribution < -0.4 is 10.1 Å². The molecule has 4 rings (SSSR count). The van der Waals surface area contributed by atoms with Crippen molar-refractivity contribution >= 4 is 17.2 Å². The Morgan fingerprint density at radius 1 is 1.12 bits per heavy atom. The molecule has 0 saturated carbocycles. The predicted molar refractivity (Wildman–Crippen MR) is 125 cm³/mol. The highest BCUT2D eigenvalue weighted by Gasteiger charge is 2.30. The van der Waals surface area contributed by atoms with Crippen molar-refractivity contribution in [3.8, 4) is 17.0 Å². The Kier molecular flexibility index (Phi) is 7.85. The second-order valence-electron chi connectivity index (χ2n) is 7.86. The van der Waals surface area contributed by atoms with E-state index >= 15 is 0 Å². The topological polar surface area (TPSA) is 54.5 Å². The molecule has 168 valence electrons. The molecule has 1 aliphatic rings. The molecule has 5 nitrogen and oxygen atoms in total. The lowest BCUT2D eigenvalue weighted by Gasteiger charge is -2.24. The van der Waals surface area contributed by atoms with Crippen molar-refractivity contribution in [1.29, 1.82) is 0 Å². The minimum absolute atomic E-state index is 0.245. The van der Waals surface area contributed by atoms with Crippen LogP contribution in [-0.4, -0.2) is 48.1 Å². The van der Waals surface area contributed by atoms with Crippen molar-refractivity contribution in [2.24, 2.45) is 0 Å². The Labute approximate surface area is 192 Å². The van der Waals surface area contributed by atoms with Crippen LogP contribution in [0.3, 0.4) is 0 Å². The van der Waals surface area contributed by atoms with Crippen molar-refractivity contribution in [2.75, 3.05) is 26.2 Å². The third-order valence-electron chi connectivity index (χ3n) is 5.66. The number of aromatic nitrogens is 1. The monoisotopic (exact) mass is 453 g/mol. The van der Waals surface area contributed by atoms with Crippen LogP contribution in [0.5, 0.6) is 5.75 Å². The number of ether oxygens (including phenoxy) is 1. The molecule has 0 radical (unpaired) electrons. The Hall–Kier alpha value is -2.77. The number of carbonyl (C=O) groups excluding carboxylic acids is 1. The number of likely N-dealkylation sites (tertiary alicyclic amines) is 1. The molecule has 1 aliphatic heterocycles. The van der Waals surface area contributed by atoms with Crippen LogP contribution in [0.25, 0.3) is 11.3 Å². The van der Waals surface area contributed by atoms with Crippen LogP contribution >= 0.6 is 11.3 Å². The molecule has 2 heterocycles. The van der Waals surface area contributed by atoms with E-state index in [0.29, 0.717) is 25.3 Å². The SMILES string of the molecule is O=C1CC[C@@H](CCNCCOc2ccc(F)cc2)N1CCc1nc(-c2ccccc2)cs1. The van der Waals surface area contributed by atoms with E-state index in [1.54, 1.807) is 23.5 Å². The maximum absolute atomic E-state index is 12.9. The molecule has 1 aromatic heterocycles. The van der Waals surface area contributed by atoms with E-state index in [-0.39, 0.29) is 17.8 Å². The van der Waals surface area contributed by atoms with E-state index in [1.807, 2.05) is 23.1 Å². The van der Waals surface area contributed by atoms with Crippen LogP contribution in [0.2, 0.25) is 0 Å². The van der Waals surface area contributed by atoms with Gasteiger partial charge in [0.05, 0.1) is 10.7 Å². The fourth-order valence-corrected chi connectivity index (χ4v) is 4.75. The molecule has 1 N–H and O–H groups in total. The van der Waals surface area contributed by atoms with Crippen LogP contribution in [-0.2, 0) is 11.2 Å². The van der Waals surface area contributed by atoms with E-state index in [4.69, 9.17) is 9.72 Å². The van der Waals surface area contributed by atoms with Crippen LogP contribution in [0.15, 0.2) is 60.0 Å². The molecule has 0 spiro atoms. The van der Waals surface area contributed by atoms with Gasteiger partial charge in [-0.3, -0.25) is 4.79 Å². The third kappa shape index (κ3) is 6.14. The number of benzene rings is 2. The standard InChI is InChI=1S/C25H28FN3O2S/c26-20-6-9-22(10-7-20)31-17-15-27-14-12-21-8-11-25(30)29(21)16-13-24-28-23(18-32-24)19-4-2-1-3-5-19/h1-7,9-10,18,21,27H,8,11-17H2/t21-/m0/s1. The molecule has 3 aromatic rings. The van der Waals surface area contributed by atoms with Crippen molar-refractivity contribution < 1.29 is 13.9 Å². The molecular formula is C25H28FN3O2S. The third-order valence-corrected chi connectivity index (χ3v) is 6.56. The number of rotatable bonds is 11. The van der Waals surface area contributed by atoms with Gasteiger partial charge in [-0.2, -0.15) is 0 Å². The van der Waals surface area contributed by atoms with E-state index in [2.05, 4.69) is 22.8 Å². The maximum atomic E-state index is 12.9. The predicted octanol–water partition coefficient (Wildman–Crippen LogP) is 4.54.